The molecule has 0 aromatic heterocycles. The fourth-order valence-corrected chi connectivity index (χ4v) is 0. The van der Waals surface area contributed by atoms with E-state index in [-0.39, 0.29) is 12.4 Å². The quantitative estimate of drug-likeness (QED) is 0.499. The molecule has 0 fully saturated rings. The van der Waals surface area contributed by atoms with E-state index in [1.165, 1.54) is 0 Å². The second-order valence-corrected chi connectivity index (χ2v) is 15.9. The van der Waals surface area contributed by atoms with E-state index in [0.29, 0.717) is 0 Å². The molecule has 0 aromatic rings. The minimum absolute atomic E-state index is 0. The molecule has 0 saturated heterocycles. The Morgan fingerprint density at radius 2 is 0.833 bits per heavy atom. The van der Waals surface area contributed by atoms with Crippen LogP contribution in [-0.4, -0.2) is 0 Å². The molecule has 0 atom stereocenters. The van der Waals surface area contributed by atoms with Crippen LogP contribution in [0.15, 0.2) is 0 Å². The van der Waals surface area contributed by atoms with E-state index in [0.717, 1.165) is 0 Å². The van der Waals surface area contributed by atoms with Gasteiger partial charge < -0.3 is 12.4 Å². The average Bonchev–Trinajstić information content (AvgIpc) is 0.722. The molecular formula is Cl5Ti-. The van der Waals surface area contributed by atoms with Crippen molar-refractivity contribution in [1.29, 1.82) is 0 Å². The van der Waals surface area contributed by atoms with E-state index in [4.69, 9.17) is 37.2 Å². The molecule has 0 heterocycles. The molecule has 0 N–H and O–H groups in total. The van der Waals surface area contributed by atoms with E-state index < -0.39 is 12.3 Å². The number of rotatable bonds is 0. The van der Waals surface area contributed by atoms with Crippen molar-refractivity contribution in [3.8, 4) is 0 Å². The molecule has 0 bridgehead atoms. The van der Waals surface area contributed by atoms with Gasteiger partial charge in [-0.05, 0) is 0 Å². The fraction of sp³-hybridized carbons (Fsp3) is 0. The van der Waals surface area contributed by atoms with Crippen LogP contribution >= 0.6 is 37.2 Å². The van der Waals surface area contributed by atoms with Gasteiger partial charge in [0, 0.05) is 0 Å². The molecule has 0 aliphatic carbocycles. The Hall–Kier alpha value is 2.16. The molecule has 6 heteroatoms. The predicted molar refractivity (Wildman–Crippen MR) is 23.4 cm³/mol. The first-order valence-corrected chi connectivity index (χ1v) is 9.35. The van der Waals surface area contributed by atoms with E-state index >= 15 is 0 Å². The molecule has 0 radical (unpaired) electrons. The van der Waals surface area contributed by atoms with Gasteiger partial charge in [-0.25, -0.2) is 0 Å². The summed E-state index contributed by atoms with van der Waals surface area (Å²) in [4.78, 5) is 0. The standard InChI is InChI=1S/5ClH.Ti/h5*1H;/q;;;;;+4/p-5. The fourth-order valence-electron chi connectivity index (χ4n) is 0. The van der Waals surface area contributed by atoms with Crippen molar-refractivity contribution in [1.82, 2.24) is 0 Å². The Morgan fingerprint density at radius 3 is 0.833 bits per heavy atom. The predicted octanol–water partition coefficient (Wildman–Crippen LogP) is -0.240. The van der Waals surface area contributed by atoms with Crippen molar-refractivity contribution >= 4 is 37.2 Å². The Labute approximate surface area is 61.4 Å². The van der Waals surface area contributed by atoms with Crippen LogP contribution in [0.5, 0.6) is 0 Å². The third-order valence-corrected chi connectivity index (χ3v) is 0. The van der Waals surface area contributed by atoms with Crippen LogP contribution in [0.3, 0.4) is 0 Å². The number of halogens is 5. The van der Waals surface area contributed by atoms with E-state index in [2.05, 4.69) is 0 Å². The topological polar surface area (TPSA) is 0 Å². The molecule has 0 aromatic carbocycles. The van der Waals surface area contributed by atoms with Crippen molar-refractivity contribution in [2.75, 3.05) is 0 Å². The van der Waals surface area contributed by atoms with Gasteiger partial charge in [-0.3, -0.25) is 0 Å². The monoisotopic (exact) mass is 223 g/mol. The maximum absolute atomic E-state index is 5.01. The van der Waals surface area contributed by atoms with Crippen LogP contribution in [0.2, 0.25) is 0 Å². The van der Waals surface area contributed by atoms with E-state index in [1.54, 1.807) is 0 Å². The zero-order chi connectivity index (χ0) is 4.50. The molecule has 0 rings (SSSR count). The van der Waals surface area contributed by atoms with Gasteiger partial charge in [-0.15, -0.1) is 0 Å². The van der Waals surface area contributed by atoms with Crippen LogP contribution < -0.4 is 12.4 Å². The Kier molecular flexibility index (Phi) is 7.51. The molecule has 0 saturated carbocycles. The minimum atomic E-state index is -3.11. The van der Waals surface area contributed by atoms with Gasteiger partial charge in [0.05, 0.1) is 0 Å². The number of hydrogen-bond acceptors (Lipinski definition) is 0. The first-order valence-electron chi connectivity index (χ1n) is 0.756. The second-order valence-electron chi connectivity index (χ2n) is 0.429. The van der Waals surface area contributed by atoms with Crippen molar-refractivity contribution in [2.24, 2.45) is 0 Å². The van der Waals surface area contributed by atoms with Gasteiger partial charge in [-0.1, -0.05) is 0 Å². The van der Waals surface area contributed by atoms with Crippen molar-refractivity contribution < 1.29 is 24.8 Å². The summed E-state index contributed by atoms with van der Waals surface area (Å²) in [6, 6.07) is 0. The summed E-state index contributed by atoms with van der Waals surface area (Å²) in [6.45, 7) is 0. The first-order chi connectivity index (χ1) is 2.00. The zero-order valence-electron chi connectivity index (χ0n) is 2.39. The van der Waals surface area contributed by atoms with Crippen molar-refractivity contribution in [2.45, 2.75) is 0 Å². The van der Waals surface area contributed by atoms with Gasteiger partial charge in [-0.2, -0.15) is 0 Å². The van der Waals surface area contributed by atoms with E-state index in [1.807, 2.05) is 0 Å². The summed E-state index contributed by atoms with van der Waals surface area (Å²) < 4.78 is 0. The second kappa shape index (κ2) is 4.08. The molecule has 0 amide bonds. The first kappa shape index (κ1) is 11.0. The van der Waals surface area contributed by atoms with Gasteiger partial charge >= 0.3 is 49.6 Å². The zero-order valence-corrected chi connectivity index (χ0v) is 7.73. The average molecular weight is 225 g/mol. The number of hydrogen-bond donors (Lipinski definition) is 0. The maximum atomic E-state index is 5.01. The summed E-state index contributed by atoms with van der Waals surface area (Å²) in [5, 5.41) is 0. The summed E-state index contributed by atoms with van der Waals surface area (Å²) in [5.74, 6) is 0. The van der Waals surface area contributed by atoms with Gasteiger partial charge in [0.25, 0.3) is 0 Å². The molecule has 40 valence electrons. The SMILES string of the molecule is [Cl-].[Cl][Ti]([Cl])([Cl])[Cl]. The van der Waals surface area contributed by atoms with Crippen LogP contribution in [0.4, 0.5) is 0 Å². The molecule has 0 aliphatic heterocycles. The Morgan fingerprint density at radius 1 is 0.833 bits per heavy atom. The van der Waals surface area contributed by atoms with Crippen molar-refractivity contribution in [3.63, 3.8) is 0 Å². The van der Waals surface area contributed by atoms with Gasteiger partial charge in [0.2, 0.25) is 0 Å². The normalized spacial score (nSPS) is 10.0. The van der Waals surface area contributed by atoms with Gasteiger partial charge in [0.1, 0.15) is 0 Å². The Bertz CT molecular complexity index is 19.4. The molecule has 0 spiro atoms. The van der Waals surface area contributed by atoms with Crippen molar-refractivity contribution in [3.05, 3.63) is 0 Å². The van der Waals surface area contributed by atoms with Gasteiger partial charge in [0.15, 0.2) is 0 Å². The third-order valence-electron chi connectivity index (χ3n) is 0. The third kappa shape index (κ3) is 35.1. The van der Waals surface area contributed by atoms with Crippen LogP contribution in [0.1, 0.15) is 0 Å². The molecule has 0 aliphatic rings. The summed E-state index contributed by atoms with van der Waals surface area (Å²) in [6.07, 6.45) is 0. The van der Waals surface area contributed by atoms with Crippen LogP contribution in [0, 0.1) is 0 Å². The Balaban J connectivity index is 0. The van der Waals surface area contributed by atoms with Crippen LogP contribution in [0.25, 0.3) is 0 Å². The summed E-state index contributed by atoms with van der Waals surface area (Å²) in [7, 11) is 20.1. The molecule has 0 unspecified atom stereocenters. The molecular weight excluding hydrogens is 225 g/mol. The summed E-state index contributed by atoms with van der Waals surface area (Å²) >= 11 is -3.11. The summed E-state index contributed by atoms with van der Waals surface area (Å²) in [5.41, 5.74) is 0. The van der Waals surface area contributed by atoms with E-state index in [9.17, 15) is 0 Å². The van der Waals surface area contributed by atoms with Crippen LogP contribution in [-0.2, 0) is 12.3 Å². The molecule has 6 heavy (non-hydrogen) atoms. The molecule has 0 nitrogen and oxygen atoms in total.